The number of aliphatic carboxylic acids is 1. The van der Waals surface area contributed by atoms with Gasteiger partial charge in [-0.25, -0.2) is 9.59 Å². The first-order valence-corrected chi connectivity index (χ1v) is 7.36. The van der Waals surface area contributed by atoms with Gasteiger partial charge in [0.05, 0.1) is 0 Å². The summed E-state index contributed by atoms with van der Waals surface area (Å²) in [4.78, 5) is 27.5. The van der Waals surface area contributed by atoms with Crippen LogP contribution in [-0.4, -0.2) is 52.1 Å². The van der Waals surface area contributed by atoms with E-state index in [0.29, 0.717) is 12.6 Å². The Hall–Kier alpha value is -1.26. The largest absolute Gasteiger partial charge is 0.480 e. The first-order chi connectivity index (χ1) is 9.06. The number of nitrogens with zero attached hydrogens (tertiary/aromatic N) is 2. The molecule has 2 amide bonds. The van der Waals surface area contributed by atoms with Gasteiger partial charge in [-0.05, 0) is 38.0 Å². The molecule has 3 atom stereocenters. The van der Waals surface area contributed by atoms with E-state index in [0.717, 1.165) is 38.6 Å². The number of likely N-dealkylation sites (tertiary alicyclic amines) is 2. The predicted octanol–water partition coefficient (Wildman–Crippen LogP) is 2.17. The van der Waals surface area contributed by atoms with Gasteiger partial charge in [-0.3, -0.25) is 0 Å². The molecule has 5 nitrogen and oxygen atoms in total. The molecule has 0 aromatic heterocycles. The lowest BCUT2D eigenvalue weighted by atomic mass is 9.91. The molecule has 1 N–H and O–H groups in total. The number of carboxylic acids is 1. The molecule has 0 spiro atoms. The van der Waals surface area contributed by atoms with Gasteiger partial charge in [0.25, 0.3) is 0 Å². The fourth-order valence-electron chi connectivity index (χ4n) is 3.46. The summed E-state index contributed by atoms with van der Waals surface area (Å²) >= 11 is 0. The Morgan fingerprint density at radius 3 is 2.42 bits per heavy atom. The number of carboxylic acid groups (broad SMARTS) is 1. The lowest BCUT2D eigenvalue weighted by molar-refractivity contribution is -0.145. The molecule has 0 aromatic rings. The molecular weight excluding hydrogens is 244 g/mol. The summed E-state index contributed by atoms with van der Waals surface area (Å²) in [6, 6.07) is -0.429. The quantitative estimate of drug-likeness (QED) is 0.835. The van der Waals surface area contributed by atoms with Crippen molar-refractivity contribution in [2.45, 2.75) is 58.0 Å². The molecule has 2 rings (SSSR count). The van der Waals surface area contributed by atoms with Crippen molar-refractivity contribution in [1.29, 1.82) is 0 Å². The molecule has 2 saturated heterocycles. The van der Waals surface area contributed by atoms with E-state index in [1.54, 1.807) is 4.90 Å². The van der Waals surface area contributed by atoms with Crippen molar-refractivity contribution in [3.8, 4) is 0 Å². The van der Waals surface area contributed by atoms with E-state index >= 15 is 0 Å². The maximum atomic E-state index is 12.6. The Kier molecular flexibility index (Phi) is 4.32. The Morgan fingerprint density at radius 1 is 1.16 bits per heavy atom. The first kappa shape index (κ1) is 14.2. The van der Waals surface area contributed by atoms with Crippen LogP contribution in [0, 0.1) is 5.92 Å². The average molecular weight is 268 g/mol. The highest BCUT2D eigenvalue weighted by molar-refractivity contribution is 5.83. The topological polar surface area (TPSA) is 60.9 Å². The van der Waals surface area contributed by atoms with Gasteiger partial charge in [0.15, 0.2) is 0 Å². The van der Waals surface area contributed by atoms with Gasteiger partial charge < -0.3 is 14.9 Å². The second-order valence-corrected chi connectivity index (χ2v) is 5.78. The molecule has 2 aliphatic heterocycles. The Balaban J connectivity index is 2.14. The molecule has 2 aliphatic rings. The van der Waals surface area contributed by atoms with Crippen LogP contribution >= 0.6 is 0 Å². The van der Waals surface area contributed by atoms with Crippen molar-refractivity contribution < 1.29 is 14.7 Å². The van der Waals surface area contributed by atoms with Crippen molar-refractivity contribution in [2.24, 2.45) is 5.92 Å². The third kappa shape index (κ3) is 2.69. The first-order valence-electron chi connectivity index (χ1n) is 7.36. The fraction of sp³-hybridized carbons (Fsp3) is 0.857. The summed E-state index contributed by atoms with van der Waals surface area (Å²) in [5.41, 5.74) is 0. The van der Waals surface area contributed by atoms with Crippen LogP contribution in [0.1, 0.15) is 46.0 Å². The molecule has 5 heteroatoms. The fourth-order valence-corrected chi connectivity index (χ4v) is 3.46. The van der Waals surface area contributed by atoms with Crippen LogP contribution < -0.4 is 0 Å². The second-order valence-electron chi connectivity index (χ2n) is 5.78. The van der Waals surface area contributed by atoms with Crippen LogP contribution in [-0.2, 0) is 4.79 Å². The molecule has 0 aromatic carbocycles. The van der Waals surface area contributed by atoms with Crippen molar-refractivity contribution in [3.05, 3.63) is 0 Å². The molecule has 19 heavy (non-hydrogen) atoms. The number of carbonyl (C=O) groups is 2. The predicted molar refractivity (Wildman–Crippen MR) is 71.9 cm³/mol. The normalized spacial score (nSPS) is 31.6. The molecule has 0 radical (unpaired) electrons. The van der Waals surface area contributed by atoms with E-state index in [9.17, 15) is 14.7 Å². The minimum absolute atomic E-state index is 0.0397. The van der Waals surface area contributed by atoms with Crippen LogP contribution in [0.4, 0.5) is 4.79 Å². The van der Waals surface area contributed by atoms with Crippen molar-refractivity contribution in [1.82, 2.24) is 9.80 Å². The summed E-state index contributed by atoms with van der Waals surface area (Å²) in [6.45, 7) is 5.37. The number of amides is 2. The highest BCUT2D eigenvalue weighted by atomic mass is 16.4. The number of hydrogen-bond acceptors (Lipinski definition) is 2. The van der Waals surface area contributed by atoms with Crippen molar-refractivity contribution in [3.63, 3.8) is 0 Å². The zero-order valence-electron chi connectivity index (χ0n) is 11.8. The van der Waals surface area contributed by atoms with Crippen molar-refractivity contribution in [2.75, 3.05) is 13.1 Å². The lowest BCUT2D eigenvalue weighted by Gasteiger charge is -2.40. The molecule has 3 unspecified atom stereocenters. The molecule has 0 aliphatic carbocycles. The average Bonchev–Trinajstić information content (AvgIpc) is 2.85. The van der Waals surface area contributed by atoms with E-state index in [1.165, 1.54) is 0 Å². The maximum absolute atomic E-state index is 12.6. The van der Waals surface area contributed by atoms with Gasteiger partial charge in [0.2, 0.25) is 0 Å². The third-order valence-electron chi connectivity index (χ3n) is 4.53. The molecule has 108 valence electrons. The number of carbonyl (C=O) groups excluding carboxylic acids is 1. The number of piperidine rings is 1. The molecular formula is C14H24N2O3. The van der Waals surface area contributed by atoms with Crippen LogP contribution in [0.2, 0.25) is 0 Å². The summed E-state index contributed by atoms with van der Waals surface area (Å²) in [5, 5.41) is 9.38. The highest BCUT2D eigenvalue weighted by Gasteiger charge is 2.40. The van der Waals surface area contributed by atoms with Gasteiger partial charge in [-0.1, -0.05) is 13.8 Å². The monoisotopic (exact) mass is 268 g/mol. The molecule has 0 bridgehead atoms. The summed E-state index contributed by atoms with van der Waals surface area (Å²) in [5.74, 6) is -0.828. The van der Waals surface area contributed by atoms with Crippen LogP contribution in [0.25, 0.3) is 0 Å². The third-order valence-corrected chi connectivity index (χ3v) is 4.53. The van der Waals surface area contributed by atoms with Gasteiger partial charge in [-0.2, -0.15) is 0 Å². The Morgan fingerprint density at radius 2 is 1.79 bits per heavy atom. The summed E-state index contributed by atoms with van der Waals surface area (Å²) in [7, 11) is 0. The van der Waals surface area contributed by atoms with Gasteiger partial charge in [0.1, 0.15) is 6.04 Å². The van der Waals surface area contributed by atoms with E-state index in [2.05, 4.69) is 6.92 Å². The second kappa shape index (κ2) is 5.80. The Labute approximate surface area is 114 Å². The van der Waals surface area contributed by atoms with E-state index in [1.807, 2.05) is 11.8 Å². The lowest BCUT2D eigenvalue weighted by Crippen LogP contribution is -2.56. The zero-order chi connectivity index (χ0) is 14.0. The number of rotatable bonds is 2. The zero-order valence-corrected chi connectivity index (χ0v) is 11.8. The molecule has 2 fully saturated rings. The van der Waals surface area contributed by atoms with E-state index in [-0.39, 0.29) is 11.9 Å². The smallest absolute Gasteiger partial charge is 0.326 e. The summed E-state index contributed by atoms with van der Waals surface area (Å²) < 4.78 is 0. The minimum Gasteiger partial charge on any atom is -0.480 e. The van der Waals surface area contributed by atoms with E-state index in [4.69, 9.17) is 0 Å². The van der Waals surface area contributed by atoms with Crippen LogP contribution in [0.5, 0.6) is 0 Å². The standard InChI is InChI=1S/C14H24N2O3/c1-3-11-7-5-8-15(11)14(19)16-9-4-6-10(2)12(16)13(17)18/h10-12H,3-9H2,1-2H3,(H,17,18). The van der Waals surface area contributed by atoms with Gasteiger partial charge in [-0.15, -0.1) is 0 Å². The highest BCUT2D eigenvalue weighted by Crippen LogP contribution is 2.28. The molecule has 0 saturated carbocycles. The summed E-state index contributed by atoms with van der Waals surface area (Å²) in [6.07, 6.45) is 4.82. The number of urea groups is 1. The van der Waals surface area contributed by atoms with Gasteiger partial charge in [0, 0.05) is 19.1 Å². The van der Waals surface area contributed by atoms with Crippen LogP contribution in [0.3, 0.4) is 0 Å². The van der Waals surface area contributed by atoms with Crippen LogP contribution in [0.15, 0.2) is 0 Å². The van der Waals surface area contributed by atoms with E-state index < -0.39 is 12.0 Å². The van der Waals surface area contributed by atoms with Crippen molar-refractivity contribution >= 4 is 12.0 Å². The molecule has 2 heterocycles. The Bertz CT molecular complexity index is 359. The SMILES string of the molecule is CCC1CCCN1C(=O)N1CCCC(C)C1C(=O)O. The maximum Gasteiger partial charge on any atom is 0.326 e. The number of hydrogen-bond donors (Lipinski definition) is 1. The minimum atomic E-state index is -0.868. The van der Waals surface area contributed by atoms with Gasteiger partial charge >= 0.3 is 12.0 Å².